The first-order chi connectivity index (χ1) is 22.3. The van der Waals surface area contributed by atoms with Crippen molar-refractivity contribution in [3.63, 3.8) is 0 Å². The maximum absolute atomic E-state index is 10.9. The number of rotatable bonds is 12. The summed E-state index contributed by atoms with van der Waals surface area (Å²) < 4.78 is 43.5. The zero-order chi connectivity index (χ0) is 34.7. The van der Waals surface area contributed by atoms with Gasteiger partial charge in [-0.3, -0.25) is 0 Å². The second-order valence-corrected chi connectivity index (χ2v) is 11.6. The smallest absolute Gasteiger partial charge is 0.187 e. The van der Waals surface area contributed by atoms with E-state index in [9.17, 15) is 66.4 Å². The number of aliphatic hydroxyl groups excluding tert-OH is 13. The van der Waals surface area contributed by atoms with Gasteiger partial charge in [-0.15, -0.1) is 0 Å². The van der Waals surface area contributed by atoms with E-state index in [-0.39, 0.29) is 6.61 Å². The van der Waals surface area contributed by atoms with Gasteiger partial charge in [0.1, 0.15) is 97.7 Å². The van der Waals surface area contributed by atoms with Gasteiger partial charge in [-0.1, -0.05) is 0 Å². The summed E-state index contributed by atoms with van der Waals surface area (Å²) in [5.41, 5.74) is 0. The van der Waals surface area contributed by atoms with Crippen LogP contribution in [0.15, 0.2) is 0 Å². The van der Waals surface area contributed by atoms with Crippen molar-refractivity contribution in [3.05, 3.63) is 0 Å². The predicted molar refractivity (Wildman–Crippen MR) is 143 cm³/mol. The fraction of sp³-hybridized carbons (Fsp3) is 1.00. The van der Waals surface area contributed by atoms with Gasteiger partial charge in [0.25, 0.3) is 0 Å². The van der Waals surface area contributed by atoms with E-state index in [1.54, 1.807) is 6.92 Å². The van der Waals surface area contributed by atoms with Gasteiger partial charge in [0.2, 0.25) is 0 Å². The molecule has 4 rings (SSSR count). The van der Waals surface area contributed by atoms with Crippen LogP contribution in [0.5, 0.6) is 0 Å². The Morgan fingerprint density at radius 2 is 0.766 bits per heavy atom. The average Bonchev–Trinajstić information content (AvgIpc) is 3.06. The van der Waals surface area contributed by atoms with Gasteiger partial charge in [0.05, 0.1) is 26.4 Å². The molecule has 0 aliphatic carbocycles. The summed E-state index contributed by atoms with van der Waals surface area (Å²) in [6.45, 7) is -1.29. The van der Waals surface area contributed by atoms with E-state index in [2.05, 4.69) is 0 Å². The molecule has 276 valence electrons. The molecule has 20 atom stereocenters. The molecule has 0 aromatic heterocycles. The summed E-state index contributed by atoms with van der Waals surface area (Å²) in [4.78, 5) is 0. The molecule has 13 N–H and O–H groups in total. The summed E-state index contributed by atoms with van der Waals surface area (Å²) in [5, 5.41) is 134. The molecule has 0 amide bonds. The van der Waals surface area contributed by atoms with Crippen LogP contribution in [0.1, 0.15) is 6.92 Å². The van der Waals surface area contributed by atoms with Gasteiger partial charge in [-0.25, -0.2) is 0 Å². The van der Waals surface area contributed by atoms with Crippen molar-refractivity contribution in [1.82, 2.24) is 0 Å². The fourth-order valence-corrected chi connectivity index (χ4v) is 5.73. The SMILES string of the molecule is CCO[C@H]1O[C@H](CO)[C@@H](O[C@@H]2O[C@H](CO)[C@@H](O[C@@H]3O[C@H](CO[C@@H]4O[C@H](CO)[C@@H](O)[C@H](O)[C@H]4O)[C@@H](O)[C@H](O)[C@H]3O)[C@H](O)[C@H]2O)[C@H](O)[C@H]1O. The molecule has 4 fully saturated rings. The molecule has 21 heteroatoms. The zero-order valence-corrected chi connectivity index (χ0v) is 25.2. The van der Waals surface area contributed by atoms with Crippen molar-refractivity contribution < 1.29 is 104 Å². The number of hydrogen-bond acceptors (Lipinski definition) is 21. The lowest BCUT2D eigenvalue weighted by molar-refractivity contribution is -0.381. The van der Waals surface area contributed by atoms with E-state index in [1.807, 2.05) is 0 Å². The van der Waals surface area contributed by atoms with Crippen molar-refractivity contribution in [3.8, 4) is 0 Å². The average molecular weight is 695 g/mol. The van der Waals surface area contributed by atoms with Crippen LogP contribution in [0.4, 0.5) is 0 Å². The first kappa shape index (κ1) is 39.0. The van der Waals surface area contributed by atoms with Crippen LogP contribution in [-0.4, -0.2) is 222 Å². The molecule has 4 aliphatic heterocycles. The third kappa shape index (κ3) is 8.22. The molecular formula is C26H46O21. The lowest BCUT2D eigenvalue weighted by Gasteiger charge is -2.48. The van der Waals surface area contributed by atoms with Gasteiger partial charge in [-0.2, -0.15) is 0 Å². The van der Waals surface area contributed by atoms with Crippen molar-refractivity contribution in [2.24, 2.45) is 0 Å². The third-order valence-electron chi connectivity index (χ3n) is 8.50. The lowest BCUT2D eigenvalue weighted by atomic mass is 9.96. The van der Waals surface area contributed by atoms with Gasteiger partial charge in [0, 0.05) is 6.61 Å². The molecular weight excluding hydrogens is 648 g/mol. The molecule has 4 saturated heterocycles. The minimum absolute atomic E-state index is 0.107. The molecule has 47 heavy (non-hydrogen) atoms. The topological polar surface area (TPSA) is 337 Å². The largest absolute Gasteiger partial charge is 0.394 e. The summed E-state index contributed by atoms with van der Waals surface area (Å²) in [5.74, 6) is 0. The third-order valence-corrected chi connectivity index (χ3v) is 8.50. The summed E-state index contributed by atoms with van der Waals surface area (Å²) in [7, 11) is 0. The maximum atomic E-state index is 10.9. The Morgan fingerprint density at radius 3 is 1.26 bits per heavy atom. The van der Waals surface area contributed by atoms with E-state index < -0.39 is 149 Å². The van der Waals surface area contributed by atoms with Crippen LogP contribution in [0.2, 0.25) is 0 Å². The Kier molecular flexibility index (Phi) is 14.0. The highest BCUT2D eigenvalue weighted by Gasteiger charge is 2.54. The highest BCUT2D eigenvalue weighted by molar-refractivity contribution is 4.97. The lowest BCUT2D eigenvalue weighted by Crippen LogP contribution is -2.66. The Bertz CT molecular complexity index is 944. The van der Waals surface area contributed by atoms with Crippen LogP contribution in [0.3, 0.4) is 0 Å². The van der Waals surface area contributed by atoms with E-state index in [1.165, 1.54) is 0 Å². The Morgan fingerprint density at radius 1 is 0.404 bits per heavy atom. The first-order valence-corrected chi connectivity index (χ1v) is 15.1. The second-order valence-electron chi connectivity index (χ2n) is 11.6. The van der Waals surface area contributed by atoms with Crippen LogP contribution < -0.4 is 0 Å². The molecule has 0 aromatic rings. The van der Waals surface area contributed by atoms with Crippen LogP contribution in [0, 0.1) is 0 Å². The number of hydrogen-bond donors (Lipinski definition) is 13. The van der Waals surface area contributed by atoms with Crippen molar-refractivity contribution in [2.75, 3.05) is 33.0 Å². The zero-order valence-electron chi connectivity index (χ0n) is 25.2. The Hall–Kier alpha value is -0.840. The Labute approximate surface area is 267 Å². The molecule has 21 nitrogen and oxygen atoms in total. The molecule has 0 unspecified atom stereocenters. The van der Waals surface area contributed by atoms with E-state index in [0.29, 0.717) is 0 Å². The number of ether oxygens (including phenoxy) is 8. The molecule has 4 heterocycles. The molecule has 0 radical (unpaired) electrons. The molecule has 0 aromatic carbocycles. The minimum atomic E-state index is -1.97. The van der Waals surface area contributed by atoms with Gasteiger partial charge in [0.15, 0.2) is 25.2 Å². The first-order valence-electron chi connectivity index (χ1n) is 15.1. The van der Waals surface area contributed by atoms with Crippen molar-refractivity contribution in [1.29, 1.82) is 0 Å². The second kappa shape index (κ2) is 16.9. The molecule has 0 spiro atoms. The van der Waals surface area contributed by atoms with Crippen LogP contribution in [0.25, 0.3) is 0 Å². The quantitative estimate of drug-likeness (QED) is 0.0901. The monoisotopic (exact) mass is 694 g/mol. The van der Waals surface area contributed by atoms with E-state index in [0.717, 1.165) is 0 Å². The van der Waals surface area contributed by atoms with Crippen molar-refractivity contribution in [2.45, 2.75) is 130 Å². The van der Waals surface area contributed by atoms with Crippen molar-refractivity contribution >= 4 is 0 Å². The van der Waals surface area contributed by atoms with Gasteiger partial charge in [-0.05, 0) is 6.92 Å². The highest BCUT2D eigenvalue weighted by atomic mass is 16.8. The molecule has 0 bridgehead atoms. The normalized spacial score (nSPS) is 51.2. The highest BCUT2D eigenvalue weighted by Crippen LogP contribution is 2.33. The standard InChI is InChI=1S/C26H46O21/c1-2-40-23-19(38)15(34)21(8(4-28)43-23)47-26-20(39)16(35)22(9(5-29)44-26)46-25-18(37)14(33)12(31)10(45-25)6-41-24-17(36)13(32)11(30)7(3-27)42-24/h7-39H,2-6H2,1H3/t7-,8-,9-,10-,11-,12-,13+,14+,15-,16-,17-,18-,19-,20-,21-,22-,23+,24-,25+,26+/m1/s1. The van der Waals surface area contributed by atoms with Gasteiger partial charge < -0.3 is 104 Å². The summed E-state index contributed by atoms with van der Waals surface area (Å²) >= 11 is 0. The Balaban J connectivity index is 1.41. The minimum Gasteiger partial charge on any atom is -0.394 e. The van der Waals surface area contributed by atoms with Gasteiger partial charge >= 0.3 is 0 Å². The van der Waals surface area contributed by atoms with E-state index in [4.69, 9.17) is 37.9 Å². The fourth-order valence-electron chi connectivity index (χ4n) is 5.73. The van der Waals surface area contributed by atoms with Crippen LogP contribution >= 0.6 is 0 Å². The number of aliphatic hydroxyl groups is 13. The summed E-state index contributed by atoms with van der Waals surface area (Å²) in [6, 6.07) is 0. The van der Waals surface area contributed by atoms with Crippen LogP contribution in [-0.2, 0) is 37.9 Å². The molecule has 4 aliphatic rings. The molecule has 0 saturated carbocycles. The summed E-state index contributed by atoms with van der Waals surface area (Å²) in [6.07, 6.45) is -33.6. The predicted octanol–water partition coefficient (Wildman–Crippen LogP) is -8.70. The maximum Gasteiger partial charge on any atom is 0.187 e. The van der Waals surface area contributed by atoms with E-state index >= 15 is 0 Å².